The SMILES string of the molecule is CCOc1ccc([Te][Te]c2ccc(Cl)cc2)cc1. The summed E-state index contributed by atoms with van der Waals surface area (Å²) in [6, 6.07) is 16.9. The fraction of sp³-hybridized carbons (Fsp3) is 0.143. The Balaban J connectivity index is 1.91. The molecule has 0 spiro atoms. The molecule has 0 fully saturated rings. The molecule has 0 amide bonds. The second-order valence-electron chi connectivity index (χ2n) is 3.53. The summed E-state index contributed by atoms with van der Waals surface area (Å²) in [5.41, 5.74) is 0. The van der Waals surface area contributed by atoms with Crippen molar-refractivity contribution >= 4 is 52.9 Å². The van der Waals surface area contributed by atoms with Gasteiger partial charge >= 0.3 is 131 Å². The van der Waals surface area contributed by atoms with Crippen LogP contribution in [0.3, 0.4) is 0 Å². The van der Waals surface area contributed by atoms with Crippen LogP contribution in [0.15, 0.2) is 48.5 Å². The quantitative estimate of drug-likeness (QED) is 0.586. The van der Waals surface area contributed by atoms with Gasteiger partial charge in [-0.15, -0.1) is 0 Å². The molecule has 0 aromatic heterocycles. The summed E-state index contributed by atoms with van der Waals surface area (Å²) in [5, 5.41) is 0.827. The third kappa shape index (κ3) is 4.65. The Hall–Kier alpha value is 0.109. The Morgan fingerprint density at radius 2 is 1.39 bits per heavy atom. The number of hydrogen-bond acceptors (Lipinski definition) is 1. The molecule has 4 heteroatoms. The van der Waals surface area contributed by atoms with Crippen molar-refractivity contribution in [3.05, 3.63) is 53.6 Å². The molecule has 0 unspecified atom stereocenters. The van der Waals surface area contributed by atoms with Gasteiger partial charge < -0.3 is 0 Å². The molecule has 0 aliphatic rings. The molecule has 18 heavy (non-hydrogen) atoms. The first kappa shape index (κ1) is 14.5. The molecule has 0 aliphatic heterocycles. The number of ether oxygens (including phenoxy) is 1. The van der Waals surface area contributed by atoms with Crippen LogP contribution in [0.2, 0.25) is 5.02 Å². The first-order valence-electron chi connectivity index (χ1n) is 5.61. The number of hydrogen-bond donors (Lipinski definition) is 0. The van der Waals surface area contributed by atoms with Crippen molar-refractivity contribution in [2.24, 2.45) is 0 Å². The second-order valence-corrected chi connectivity index (χ2v) is 14.0. The van der Waals surface area contributed by atoms with E-state index < -0.39 is 0 Å². The Labute approximate surface area is 129 Å². The third-order valence-electron chi connectivity index (χ3n) is 2.18. The van der Waals surface area contributed by atoms with E-state index >= 15 is 0 Å². The molecule has 0 aliphatic carbocycles. The monoisotopic (exact) mass is 492 g/mol. The van der Waals surface area contributed by atoms with E-state index in [-0.39, 0.29) is 34.1 Å². The standard InChI is InChI=1S/C14H13ClOTe2/c1-2-16-12-5-9-14(10-6-12)18-17-13-7-3-11(15)4-8-13/h3-10H,2H2,1H3. The molecule has 0 heterocycles. The Morgan fingerprint density at radius 1 is 0.889 bits per heavy atom. The molecule has 0 bridgehead atoms. The van der Waals surface area contributed by atoms with Crippen LogP contribution >= 0.6 is 11.6 Å². The molecule has 2 aromatic carbocycles. The van der Waals surface area contributed by atoms with Crippen molar-refractivity contribution in [3.8, 4) is 5.75 Å². The van der Waals surface area contributed by atoms with Crippen LogP contribution in [0.4, 0.5) is 0 Å². The van der Waals surface area contributed by atoms with Crippen LogP contribution in [0, 0.1) is 0 Å². The second kappa shape index (κ2) is 7.64. The van der Waals surface area contributed by atoms with Gasteiger partial charge in [0, 0.05) is 0 Å². The zero-order chi connectivity index (χ0) is 12.8. The van der Waals surface area contributed by atoms with E-state index in [0.717, 1.165) is 17.4 Å². The van der Waals surface area contributed by atoms with E-state index in [1.165, 1.54) is 7.22 Å². The average Bonchev–Trinajstić information content (AvgIpc) is 2.40. The van der Waals surface area contributed by atoms with Gasteiger partial charge in [0.05, 0.1) is 0 Å². The molecule has 0 saturated heterocycles. The van der Waals surface area contributed by atoms with Crippen LogP contribution in [0.1, 0.15) is 6.92 Å². The van der Waals surface area contributed by atoms with E-state index in [1.807, 2.05) is 19.1 Å². The summed E-state index contributed by atoms with van der Waals surface area (Å²) < 4.78 is 8.46. The molecular weight excluding hydrogens is 475 g/mol. The summed E-state index contributed by atoms with van der Waals surface area (Å²) in [6.07, 6.45) is 0. The molecule has 2 rings (SSSR count). The summed E-state index contributed by atoms with van der Waals surface area (Å²) in [5.74, 6) is 0.973. The first-order valence-corrected chi connectivity index (χ1v) is 15.6. The van der Waals surface area contributed by atoms with Gasteiger partial charge in [-0.1, -0.05) is 0 Å². The average molecular weight is 488 g/mol. The first-order chi connectivity index (χ1) is 8.78. The van der Waals surface area contributed by atoms with Gasteiger partial charge in [0.25, 0.3) is 0 Å². The summed E-state index contributed by atoms with van der Waals surface area (Å²) in [4.78, 5) is 0. The minimum absolute atomic E-state index is 0.0369. The Kier molecular flexibility index (Phi) is 6.16. The van der Waals surface area contributed by atoms with E-state index in [0.29, 0.717) is 0 Å². The van der Waals surface area contributed by atoms with Crippen LogP contribution in [-0.4, -0.2) is 40.7 Å². The zero-order valence-corrected chi connectivity index (χ0v) is 15.3. The summed E-state index contributed by atoms with van der Waals surface area (Å²) in [7, 11) is 0. The van der Waals surface area contributed by atoms with Crippen molar-refractivity contribution in [1.82, 2.24) is 0 Å². The van der Waals surface area contributed by atoms with Crippen molar-refractivity contribution in [3.63, 3.8) is 0 Å². The minimum atomic E-state index is -0.0382. The van der Waals surface area contributed by atoms with Crippen LogP contribution in [0.5, 0.6) is 5.75 Å². The third-order valence-corrected chi connectivity index (χ3v) is 14.3. The predicted molar refractivity (Wildman–Crippen MR) is 79.8 cm³/mol. The molecule has 1 nitrogen and oxygen atoms in total. The van der Waals surface area contributed by atoms with Crippen molar-refractivity contribution in [1.29, 1.82) is 0 Å². The van der Waals surface area contributed by atoms with Crippen LogP contribution < -0.4 is 12.0 Å². The topological polar surface area (TPSA) is 9.23 Å². The fourth-order valence-corrected chi connectivity index (χ4v) is 11.4. The molecule has 2 aromatic rings. The van der Waals surface area contributed by atoms with Gasteiger partial charge in [-0.3, -0.25) is 0 Å². The van der Waals surface area contributed by atoms with Crippen molar-refractivity contribution < 1.29 is 4.74 Å². The number of rotatable bonds is 5. The van der Waals surface area contributed by atoms with E-state index in [4.69, 9.17) is 16.3 Å². The maximum atomic E-state index is 5.89. The maximum absolute atomic E-state index is 5.89. The van der Waals surface area contributed by atoms with Gasteiger partial charge in [-0.2, -0.15) is 0 Å². The van der Waals surface area contributed by atoms with Gasteiger partial charge in [0.1, 0.15) is 0 Å². The van der Waals surface area contributed by atoms with E-state index in [2.05, 4.69) is 36.4 Å². The van der Waals surface area contributed by atoms with Gasteiger partial charge in [-0.05, 0) is 0 Å². The molecule has 0 saturated carbocycles. The van der Waals surface area contributed by atoms with Crippen molar-refractivity contribution in [2.45, 2.75) is 6.92 Å². The Bertz CT molecular complexity index is 482. The molecule has 0 atom stereocenters. The molecular formula is C14H13ClOTe2. The van der Waals surface area contributed by atoms with Crippen LogP contribution in [0.25, 0.3) is 0 Å². The molecule has 0 N–H and O–H groups in total. The fourth-order valence-electron chi connectivity index (χ4n) is 1.34. The molecule has 94 valence electrons. The summed E-state index contributed by atoms with van der Waals surface area (Å²) >= 11 is 5.81. The number of benzene rings is 2. The van der Waals surface area contributed by atoms with E-state index in [9.17, 15) is 0 Å². The normalized spacial score (nSPS) is 10.3. The summed E-state index contributed by atoms with van der Waals surface area (Å²) in [6.45, 7) is 2.74. The van der Waals surface area contributed by atoms with Gasteiger partial charge in [0.15, 0.2) is 0 Å². The molecule has 0 radical (unpaired) electrons. The van der Waals surface area contributed by atoms with Gasteiger partial charge in [-0.25, -0.2) is 0 Å². The number of halogens is 1. The zero-order valence-electron chi connectivity index (χ0n) is 9.93. The van der Waals surface area contributed by atoms with Crippen molar-refractivity contribution in [2.75, 3.05) is 6.61 Å². The van der Waals surface area contributed by atoms with Gasteiger partial charge in [0.2, 0.25) is 0 Å². The van der Waals surface area contributed by atoms with E-state index in [1.54, 1.807) is 0 Å². The Morgan fingerprint density at radius 3 is 1.89 bits per heavy atom. The van der Waals surface area contributed by atoms with Crippen LogP contribution in [-0.2, 0) is 0 Å². The predicted octanol–water partition coefficient (Wildman–Crippen LogP) is 2.01.